The standard InChI is InChI=1S/C22H28N4O2/c1-3-20(27)19-7-4-6-18(16-19)14-17(2)15-21(28)25-10-12-26(13-11-25)22-23-8-5-9-24-22/h4-9,16-17H,3,10-15H2,1-2H3. The molecule has 0 spiro atoms. The highest BCUT2D eigenvalue weighted by molar-refractivity contribution is 5.95. The molecule has 0 bridgehead atoms. The zero-order valence-corrected chi connectivity index (χ0v) is 16.7. The Morgan fingerprint density at radius 1 is 1.07 bits per heavy atom. The van der Waals surface area contributed by atoms with Crippen LogP contribution in [0.25, 0.3) is 0 Å². The number of aromatic nitrogens is 2. The average Bonchev–Trinajstić information content (AvgIpc) is 2.74. The minimum absolute atomic E-state index is 0.158. The predicted molar refractivity (Wildman–Crippen MR) is 109 cm³/mol. The maximum absolute atomic E-state index is 12.7. The molecular formula is C22H28N4O2. The van der Waals surface area contributed by atoms with Crippen molar-refractivity contribution >= 4 is 17.6 Å². The minimum atomic E-state index is 0.158. The van der Waals surface area contributed by atoms with E-state index >= 15 is 0 Å². The Bertz CT molecular complexity index is 801. The molecule has 1 saturated heterocycles. The quantitative estimate of drug-likeness (QED) is 0.691. The van der Waals surface area contributed by atoms with E-state index in [1.54, 1.807) is 18.5 Å². The first-order chi connectivity index (χ1) is 13.6. The molecule has 1 aliphatic rings. The highest BCUT2D eigenvalue weighted by Crippen LogP contribution is 2.17. The molecule has 1 aromatic heterocycles. The van der Waals surface area contributed by atoms with Crippen LogP contribution in [0.15, 0.2) is 42.7 Å². The van der Waals surface area contributed by atoms with Gasteiger partial charge in [-0.25, -0.2) is 9.97 Å². The summed E-state index contributed by atoms with van der Waals surface area (Å²) in [5.41, 5.74) is 1.88. The zero-order chi connectivity index (χ0) is 19.9. The van der Waals surface area contributed by atoms with Gasteiger partial charge >= 0.3 is 0 Å². The molecule has 3 rings (SSSR count). The number of rotatable bonds is 7. The molecule has 0 aliphatic carbocycles. The van der Waals surface area contributed by atoms with E-state index in [2.05, 4.69) is 21.8 Å². The maximum atomic E-state index is 12.7. The Balaban J connectivity index is 1.49. The van der Waals surface area contributed by atoms with Crippen molar-refractivity contribution in [2.24, 2.45) is 5.92 Å². The van der Waals surface area contributed by atoms with Gasteiger partial charge in [-0.1, -0.05) is 32.0 Å². The van der Waals surface area contributed by atoms with Gasteiger partial charge in [0.25, 0.3) is 0 Å². The third kappa shape index (κ3) is 5.15. The average molecular weight is 380 g/mol. The lowest BCUT2D eigenvalue weighted by molar-refractivity contribution is -0.132. The molecule has 1 amide bonds. The summed E-state index contributed by atoms with van der Waals surface area (Å²) in [6.07, 6.45) is 5.31. The van der Waals surface area contributed by atoms with Gasteiger partial charge in [0.15, 0.2) is 5.78 Å². The number of ketones is 1. The summed E-state index contributed by atoms with van der Waals surface area (Å²) in [7, 11) is 0. The molecule has 1 aliphatic heterocycles. The number of nitrogens with zero attached hydrogens (tertiary/aromatic N) is 4. The lowest BCUT2D eigenvalue weighted by atomic mass is 9.95. The van der Waals surface area contributed by atoms with Crippen LogP contribution in [-0.4, -0.2) is 52.7 Å². The third-order valence-electron chi connectivity index (χ3n) is 5.14. The van der Waals surface area contributed by atoms with Crippen LogP contribution in [0.2, 0.25) is 0 Å². The molecule has 6 nitrogen and oxygen atoms in total. The molecule has 1 fully saturated rings. The molecule has 2 aromatic rings. The van der Waals surface area contributed by atoms with Gasteiger partial charge in [0.2, 0.25) is 11.9 Å². The highest BCUT2D eigenvalue weighted by Gasteiger charge is 2.23. The molecule has 0 N–H and O–H groups in total. The number of carbonyl (C=O) groups is 2. The second-order valence-electron chi connectivity index (χ2n) is 7.41. The van der Waals surface area contributed by atoms with Crippen molar-refractivity contribution < 1.29 is 9.59 Å². The molecule has 6 heteroatoms. The van der Waals surface area contributed by atoms with Gasteiger partial charge in [0, 0.05) is 57.0 Å². The van der Waals surface area contributed by atoms with Crippen LogP contribution in [-0.2, 0) is 11.2 Å². The minimum Gasteiger partial charge on any atom is -0.339 e. The van der Waals surface area contributed by atoms with Crippen molar-refractivity contribution in [2.45, 2.75) is 33.1 Å². The fourth-order valence-electron chi connectivity index (χ4n) is 3.59. The van der Waals surface area contributed by atoms with Crippen LogP contribution in [0.5, 0.6) is 0 Å². The fraction of sp³-hybridized carbons (Fsp3) is 0.455. The second kappa shape index (κ2) is 9.44. The van der Waals surface area contributed by atoms with E-state index < -0.39 is 0 Å². The van der Waals surface area contributed by atoms with Crippen molar-refractivity contribution in [2.75, 3.05) is 31.1 Å². The van der Waals surface area contributed by atoms with Gasteiger partial charge in [0.05, 0.1) is 0 Å². The van der Waals surface area contributed by atoms with Gasteiger partial charge in [-0.2, -0.15) is 0 Å². The van der Waals surface area contributed by atoms with E-state index in [1.165, 1.54) is 0 Å². The van der Waals surface area contributed by atoms with Gasteiger partial charge in [-0.15, -0.1) is 0 Å². The molecule has 0 saturated carbocycles. The van der Waals surface area contributed by atoms with Crippen LogP contribution in [0.3, 0.4) is 0 Å². The van der Waals surface area contributed by atoms with E-state index in [4.69, 9.17) is 0 Å². The first-order valence-corrected chi connectivity index (χ1v) is 9.98. The normalized spacial score (nSPS) is 15.4. The molecule has 1 atom stereocenters. The number of hydrogen-bond acceptors (Lipinski definition) is 5. The van der Waals surface area contributed by atoms with E-state index in [1.807, 2.05) is 36.1 Å². The topological polar surface area (TPSA) is 66.4 Å². The molecule has 148 valence electrons. The largest absolute Gasteiger partial charge is 0.339 e. The Morgan fingerprint density at radius 3 is 2.46 bits per heavy atom. The Labute approximate surface area is 166 Å². The van der Waals surface area contributed by atoms with Gasteiger partial charge in [0.1, 0.15) is 0 Å². The van der Waals surface area contributed by atoms with Crippen LogP contribution in [0.4, 0.5) is 5.95 Å². The molecule has 2 heterocycles. The number of amides is 1. The van der Waals surface area contributed by atoms with E-state index in [0.717, 1.165) is 36.6 Å². The Hall–Kier alpha value is -2.76. The van der Waals surface area contributed by atoms with E-state index in [0.29, 0.717) is 25.9 Å². The summed E-state index contributed by atoms with van der Waals surface area (Å²) in [4.78, 5) is 37.2. The Kier molecular flexibility index (Phi) is 6.74. The summed E-state index contributed by atoms with van der Waals surface area (Å²) in [6.45, 7) is 6.88. The van der Waals surface area contributed by atoms with E-state index in [9.17, 15) is 9.59 Å². The first kappa shape index (κ1) is 20.0. The lowest BCUT2D eigenvalue weighted by Crippen LogP contribution is -2.49. The van der Waals surface area contributed by atoms with Gasteiger partial charge < -0.3 is 9.80 Å². The monoisotopic (exact) mass is 380 g/mol. The predicted octanol–water partition coefficient (Wildman–Crippen LogP) is 2.99. The second-order valence-corrected chi connectivity index (χ2v) is 7.41. The van der Waals surface area contributed by atoms with Gasteiger partial charge in [-0.05, 0) is 30.0 Å². The van der Waals surface area contributed by atoms with Crippen molar-refractivity contribution in [1.82, 2.24) is 14.9 Å². The number of anilines is 1. The molecule has 1 aromatic carbocycles. The number of benzene rings is 1. The summed E-state index contributed by atoms with van der Waals surface area (Å²) in [6, 6.07) is 9.59. The SMILES string of the molecule is CCC(=O)c1cccc(CC(C)CC(=O)N2CCN(c3ncccn3)CC2)c1. The maximum Gasteiger partial charge on any atom is 0.225 e. The lowest BCUT2D eigenvalue weighted by Gasteiger charge is -2.35. The van der Waals surface area contributed by atoms with Crippen molar-refractivity contribution in [3.63, 3.8) is 0 Å². The number of hydrogen-bond donors (Lipinski definition) is 0. The summed E-state index contributed by atoms with van der Waals surface area (Å²) < 4.78 is 0. The fourth-order valence-corrected chi connectivity index (χ4v) is 3.59. The van der Waals surface area contributed by atoms with Crippen molar-refractivity contribution in [3.05, 3.63) is 53.9 Å². The van der Waals surface area contributed by atoms with Crippen LogP contribution in [0, 0.1) is 5.92 Å². The first-order valence-electron chi connectivity index (χ1n) is 9.98. The van der Waals surface area contributed by atoms with Crippen molar-refractivity contribution in [1.29, 1.82) is 0 Å². The Morgan fingerprint density at radius 2 is 1.79 bits per heavy atom. The van der Waals surface area contributed by atoms with E-state index in [-0.39, 0.29) is 17.6 Å². The molecule has 28 heavy (non-hydrogen) atoms. The van der Waals surface area contributed by atoms with Crippen LogP contribution < -0.4 is 4.90 Å². The smallest absolute Gasteiger partial charge is 0.225 e. The van der Waals surface area contributed by atoms with Crippen molar-refractivity contribution in [3.8, 4) is 0 Å². The summed E-state index contributed by atoms with van der Waals surface area (Å²) >= 11 is 0. The number of piperazine rings is 1. The summed E-state index contributed by atoms with van der Waals surface area (Å²) in [5.74, 6) is 1.31. The zero-order valence-electron chi connectivity index (χ0n) is 16.7. The number of carbonyl (C=O) groups excluding carboxylic acids is 2. The highest BCUT2D eigenvalue weighted by atomic mass is 16.2. The molecule has 1 unspecified atom stereocenters. The van der Waals surface area contributed by atoms with Crippen LogP contribution in [0.1, 0.15) is 42.6 Å². The summed E-state index contributed by atoms with van der Waals surface area (Å²) in [5, 5.41) is 0. The number of Topliss-reactive ketones (excluding diaryl/α,β-unsaturated/α-hetero) is 1. The van der Waals surface area contributed by atoms with Crippen LogP contribution >= 0.6 is 0 Å². The molecule has 0 radical (unpaired) electrons. The molecular weight excluding hydrogens is 352 g/mol. The van der Waals surface area contributed by atoms with Gasteiger partial charge in [-0.3, -0.25) is 9.59 Å². The third-order valence-corrected chi connectivity index (χ3v) is 5.14.